The van der Waals surface area contributed by atoms with E-state index in [-0.39, 0.29) is 18.2 Å². The van der Waals surface area contributed by atoms with Crippen LogP contribution in [0.25, 0.3) is 0 Å². The Labute approximate surface area is 203 Å². The van der Waals surface area contributed by atoms with Gasteiger partial charge in [0.2, 0.25) is 5.95 Å². The highest BCUT2D eigenvalue weighted by Crippen LogP contribution is 2.37. The molecule has 1 heterocycles. The van der Waals surface area contributed by atoms with Gasteiger partial charge in [-0.15, -0.1) is 4.36 Å². The summed E-state index contributed by atoms with van der Waals surface area (Å²) in [6.07, 6.45) is -3.77. The van der Waals surface area contributed by atoms with Crippen molar-refractivity contribution in [3.8, 4) is 0 Å². The quantitative estimate of drug-likeness (QED) is 0.417. The molecule has 9 nitrogen and oxygen atoms in total. The normalized spacial score (nSPS) is 14.6. The van der Waals surface area contributed by atoms with Crippen molar-refractivity contribution in [1.29, 1.82) is 0 Å². The molecule has 0 fully saturated rings. The molecule has 188 valence electrons. The minimum Gasteiger partial charge on any atom is -0.448 e. The first-order chi connectivity index (χ1) is 15.5. The number of amides is 1. The highest BCUT2D eigenvalue weighted by atomic mass is 79.9. The van der Waals surface area contributed by atoms with Crippen molar-refractivity contribution >= 4 is 49.2 Å². The second-order valence-electron chi connectivity index (χ2n) is 7.84. The van der Waals surface area contributed by atoms with Gasteiger partial charge in [-0.2, -0.15) is 18.2 Å². The van der Waals surface area contributed by atoms with E-state index in [9.17, 15) is 27.3 Å². The number of rotatable bonds is 7. The van der Waals surface area contributed by atoms with Crippen molar-refractivity contribution in [2.75, 3.05) is 23.5 Å². The molecule has 2 atom stereocenters. The maximum atomic E-state index is 13.8. The van der Waals surface area contributed by atoms with Crippen LogP contribution in [0.2, 0.25) is 0 Å². The zero-order valence-electron chi connectivity index (χ0n) is 19.0. The maximum absolute atomic E-state index is 13.8. The molecule has 0 spiro atoms. The molecule has 34 heavy (non-hydrogen) atoms. The number of nitrogens with one attached hydrogen (secondary N) is 2. The van der Waals surface area contributed by atoms with Gasteiger partial charge in [0.25, 0.3) is 0 Å². The molecule has 0 aliphatic heterocycles. The third-order valence-electron chi connectivity index (χ3n) is 4.62. The minimum absolute atomic E-state index is 0.0250. The van der Waals surface area contributed by atoms with Crippen LogP contribution in [0.4, 0.5) is 35.4 Å². The number of benzene rings is 1. The highest BCUT2D eigenvalue weighted by Gasteiger charge is 2.36. The Morgan fingerprint density at radius 2 is 2.00 bits per heavy atom. The third kappa shape index (κ3) is 7.27. The van der Waals surface area contributed by atoms with E-state index < -0.39 is 44.1 Å². The number of aliphatic hydroxyl groups is 1. The molecule has 1 amide bonds. The first kappa shape index (κ1) is 27.8. The summed E-state index contributed by atoms with van der Waals surface area (Å²) in [6.45, 7) is 6.38. The summed E-state index contributed by atoms with van der Waals surface area (Å²) in [5, 5.41) is 15.8. The van der Waals surface area contributed by atoms with Gasteiger partial charge in [0.1, 0.15) is 5.82 Å². The monoisotopic (exact) mass is 567 g/mol. The SMILES string of the molecule is CCOC(=O)N=S(C)(=O)c1ccc(Nc2ncc(Br)c(N[C@H](C)C(C)(C)O)n2)cc1C(F)(F)F. The number of halogens is 4. The van der Waals surface area contributed by atoms with Gasteiger partial charge in [0.05, 0.1) is 42.9 Å². The van der Waals surface area contributed by atoms with Gasteiger partial charge in [0.15, 0.2) is 0 Å². The Kier molecular flexibility index (Phi) is 8.53. The van der Waals surface area contributed by atoms with E-state index >= 15 is 0 Å². The minimum atomic E-state index is -4.88. The molecule has 0 aliphatic rings. The van der Waals surface area contributed by atoms with Crippen LogP contribution in [0.3, 0.4) is 0 Å². The predicted molar refractivity (Wildman–Crippen MR) is 126 cm³/mol. The fourth-order valence-electron chi connectivity index (χ4n) is 2.54. The van der Waals surface area contributed by atoms with Crippen LogP contribution >= 0.6 is 15.9 Å². The van der Waals surface area contributed by atoms with Gasteiger partial charge in [-0.1, -0.05) is 0 Å². The fraction of sp³-hybridized carbons (Fsp3) is 0.450. The van der Waals surface area contributed by atoms with Gasteiger partial charge in [-0.05, 0) is 61.8 Å². The zero-order valence-corrected chi connectivity index (χ0v) is 21.4. The van der Waals surface area contributed by atoms with Gasteiger partial charge >= 0.3 is 12.3 Å². The lowest BCUT2D eigenvalue weighted by Crippen LogP contribution is -2.39. The zero-order chi connectivity index (χ0) is 25.9. The summed E-state index contributed by atoms with van der Waals surface area (Å²) in [7, 11) is -3.74. The average molecular weight is 568 g/mol. The smallest absolute Gasteiger partial charge is 0.442 e. The second kappa shape index (κ2) is 10.4. The number of alkyl halides is 3. The van der Waals surface area contributed by atoms with Crippen LogP contribution in [0.15, 0.2) is 38.1 Å². The molecular formula is C20H25BrF3N5O4S. The van der Waals surface area contributed by atoms with Gasteiger partial charge < -0.3 is 20.5 Å². The lowest BCUT2D eigenvalue weighted by atomic mass is 10.0. The van der Waals surface area contributed by atoms with E-state index in [1.165, 1.54) is 19.2 Å². The Balaban J connectivity index is 2.45. The molecule has 0 radical (unpaired) electrons. The lowest BCUT2D eigenvalue weighted by molar-refractivity contribution is -0.139. The standard InChI is InChI=1S/C20H25BrF3N5O4S/c1-6-33-18(30)29-34(5,32)15-8-7-12(9-13(15)20(22,23)24)27-17-25-10-14(21)16(28-17)26-11(2)19(3,4)31/h7-11,31H,6H2,1-5H3,(H2,25,26,27,28)/t11-,34?/m1/s1. The van der Waals surface area contributed by atoms with Crippen LogP contribution in [-0.4, -0.2) is 49.9 Å². The summed E-state index contributed by atoms with van der Waals surface area (Å²) in [5.74, 6) is 0.285. The fourth-order valence-corrected chi connectivity index (χ4v) is 4.18. The summed E-state index contributed by atoms with van der Waals surface area (Å²) >= 11 is 3.28. The van der Waals surface area contributed by atoms with E-state index in [2.05, 4.69) is 45.6 Å². The van der Waals surface area contributed by atoms with E-state index in [0.29, 0.717) is 10.3 Å². The molecule has 2 aromatic rings. The van der Waals surface area contributed by atoms with Crippen molar-refractivity contribution < 1.29 is 32.0 Å². The van der Waals surface area contributed by atoms with Gasteiger partial charge in [-0.25, -0.2) is 14.0 Å². The molecule has 1 unspecified atom stereocenters. The van der Waals surface area contributed by atoms with Crippen molar-refractivity contribution in [3.63, 3.8) is 0 Å². The van der Waals surface area contributed by atoms with Gasteiger partial charge in [-0.3, -0.25) is 0 Å². The third-order valence-corrected chi connectivity index (χ3v) is 6.87. The molecule has 14 heteroatoms. The van der Waals surface area contributed by atoms with Crippen LogP contribution < -0.4 is 10.6 Å². The molecule has 1 aromatic heterocycles. The predicted octanol–water partition coefficient (Wildman–Crippen LogP) is 5.19. The summed E-state index contributed by atoms with van der Waals surface area (Å²) in [5.41, 5.74) is -2.34. The Morgan fingerprint density at radius 3 is 2.56 bits per heavy atom. The Bertz CT molecular complexity index is 1180. The number of carbonyl (C=O) groups excluding carboxylic acids is 1. The largest absolute Gasteiger partial charge is 0.448 e. The number of hydrogen-bond donors (Lipinski definition) is 3. The first-order valence-corrected chi connectivity index (χ1v) is 12.6. The number of ether oxygens (including phenoxy) is 1. The van der Waals surface area contributed by atoms with Crippen LogP contribution in [-0.2, 0) is 20.6 Å². The topological polar surface area (TPSA) is 126 Å². The van der Waals surface area contributed by atoms with Crippen molar-refractivity contribution in [2.24, 2.45) is 4.36 Å². The number of anilines is 3. The van der Waals surface area contributed by atoms with Crippen LogP contribution in [0.1, 0.15) is 33.3 Å². The van der Waals surface area contributed by atoms with E-state index in [1.807, 2.05) is 0 Å². The second-order valence-corrected chi connectivity index (χ2v) is 10.9. The molecule has 0 aliphatic carbocycles. The first-order valence-electron chi connectivity index (χ1n) is 9.93. The van der Waals surface area contributed by atoms with E-state index in [4.69, 9.17) is 0 Å². The Hall–Kier alpha value is -2.45. The van der Waals surface area contributed by atoms with Crippen LogP contribution in [0, 0.1) is 0 Å². The maximum Gasteiger partial charge on any atom is 0.442 e. The van der Waals surface area contributed by atoms with Crippen molar-refractivity contribution in [1.82, 2.24) is 9.97 Å². The number of hydrogen-bond acceptors (Lipinski definition) is 8. The summed E-state index contributed by atoms with van der Waals surface area (Å²) in [6, 6.07) is 2.54. The van der Waals surface area contributed by atoms with E-state index in [1.54, 1.807) is 20.8 Å². The molecule has 0 saturated heterocycles. The molecule has 0 saturated carbocycles. The number of aromatic nitrogens is 2. The lowest BCUT2D eigenvalue weighted by Gasteiger charge is -2.27. The molecular weight excluding hydrogens is 543 g/mol. The molecule has 1 aromatic carbocycles. The van der Waals surface area contributed by atoms with Crippen molar-refractivity contribution in [2.45, 2.75) is 50.4 Å². The highest BCUT2D eigenvalue weighted by molar-refractivity contribution is 9.10. The molecule has 0 bridgehead atoms. The van der Waals surface area contributed by atoms with E-state index in [0.717, 1.165) is 18.4 Å². The van der Waals surface area contributed by atoms with Crippen LogP contribution in [0.5, 0.6) is 0 Å². The average Bonchev–Trinajstić information content (AvgIpc) is 2.68. The number of nitrogens with zero attached hydrogens (tertiary/aromatic N) is 3. The van der Waals surface area contributed by atoms with Gasteiger partial charge in [0, 0.05) is 18.1 Å². The number of carbonyl (C=O) groups is 1. The summed E-state index contributed by atoms with van der Waals surface area (Å²) in [4.78, 5) is 19.2. The Morgan fingerprint density at radius 1 is 1.35 bits per heavy atom. The van der Waals surface area contributed by atoms with Crippen molar-refractivity contribution in [3.05, 3.63) is 34.4 Å². The summed E-state index contributed by atoms with van der Waals surface area (Å²) < 4.78 is 62.5. The molecule has 2 rings (SSSR count). The molecule has 3 N–H and O–H groups in total.